The first-order chi connectivity index (χ1) is 12.6. The zero-order chi connectivity index (χ0) is 18.9. The van der Waals surface area contributed by atoms with Crippen molar-refractivity contribution in [2.75, 3.05) is 12.3 Å². The van der Waals surface area contributed by atoms with Crippen LogP contribution in [-0.2, 0) is 11.3 Å². The van der Waals surface area contributed by atoms with Gasteiger partial charge in [0.1, 0.15) is 0 Å². The zero-order valence-corrected chi connectivity index (χ0v) is 16.5. The molecule has 0 aliphatic rings. The highest BCUT2D eigenvalue weighted by Gasteiger charge is 2.13. The molecule has 0 unspecified atom stereocenters. The molecule has 1 heterocycles. The number of nitrogens with one attached hydrogen (secondary N) is 1. The van der Waals surface area contributed by atoms with Crippen molar-refractivity contribution in [1.29, 1.82) is 0 Å². The molecule has 2 rings (SSSR count). The van der Waals surface area contributed by atoms with Crippen LogP contribution in [-0.4, -0.2) is 27.8 Å². The van der Waals surface area contributed by atoms with Crippen LogP contribution in [0.5, 0.6) is 0 Å². The Balaban J connectivity index is 2.10. The van der Waals surface area contributed by atoms with Crippen molar-refractivity contribution in [2.24, 2.45) is 0 Å². The molecule has 2 aromatic rings. The fraction of sp³-hybridized carbons (Fsp3) is 0.421. The van der Waals surface area contributed by atoms with E-state index in [1.54, 1.807) is 24.3 Å². The van der Waals surface area contributed by atoms with Crippen molar-refractivity contribution in [3.8, 4) is 0 Å². The van der Waals surface area contributed by atoms with Crippen LogP contribution in [0.1, 0.15) is 32.6 Å². The Morgan fingerprint density at radius 1 is 1.38 bits per heavy atom. The van der Waals surface area contributed by atoms with Crippen molar-refractivity contribution in [3.05, 3.63) is 46.2 Å². The van der Waals surface area contributed by atoms with Gasteiger partial charge in [0.25, 0.3) is 5.56 Å². The molecule has 5 nitrogen and oxygen atoms in total. The number of nitrogens with zero attached hydrogens (tertiary/aromatic N) is 2. The van der Waals surface area contributed by atoms with E-state index >= 15 is 0 Å². The van der Waals surface area contributed by atoms with E-state index in [9.17, 15) is 9.59 Å². The van der Waals surface area contributed by atoms with Gasteiger partial charge in [-0.25, -0.2) is 4.98 Å². The molecule has 0 spiro atoms. The van der Waals surface area contributed by atoms with E-state index in [-0.39, 0.29) is 17.2 Å². The normalized spacial score (nSPS) is 10.8. The van der Waals surface area contributed by atoms with Crippen molar-refractivity contribution in [2.45, 2.75) is 44.3 Å². The third kappa shape index (κ3) is 5.61. The summed E-state index contributed by atoms with van der Waals surface area (Å²) in [6.45, 7) is 6.87. The predicted octanol–water partition coefficient (Wildman–Crippen LogP) is 4.02. The van der Waals surface area contributed by atoms with Gasteiger partial charge in [-0.05, 0) is 24.6 Å². The summed E-state index contributed by atoms with van der Waals surface area (Å²) in [5, 5.41) is 4.42. The van der Waals surface area contributed by atoms with E-state index < -0.39 is 0 Å². The molecule has 1 amide bonds. The first-order valence-electron chi connectivity index (χ1n) is 8.77. The quantitative estimate of drug-likeness (QED) is 0.286. The lowest BCUT2D eigenvalue weighted by Gasteiger charge is -2.11. The number of thioether (sulfide) groups is 1. The summed E-state index contributed by atoms with van der Waals surface area (Å²) in [5.74, 6) is 0.153. The number of carbonyl (C=O) groups is 1. The summed E-state index contributed by atoms with van der Waals surface area (Å²) in [6, 6.07) is 5.00. The second-order valence-electron chi connectivity index (χ2n) is 5.96. The highest BCUT2D eigenvalue weighted by atomic mass is 35.5. The Bertz CT molecular complexity index is 835. The standard InChI is InChI=1S/C19H24ClN3O2S/c1-3-5-6-7-10-21-17(24)13-26-19-22-16-12-14(20)8-9-15(16)18(25)23(19)11-4-2/h4,8-9,12H,2-3,5-7,10-11,13H2,1H3,(H,21,24). The second kappa shape index (κ2) is 10.4. The molecule has 140 valence electrons. The molecule has 0 radical (unpaired) electrons. The maximum atomic E-state index is 12.7. The minimum Gasteiger partial charge on any atom is -0.355 e. The van der Waals surface area contributed by atoms with Gasteiger partial charge in [-0.15, -0.1) is 6.58 Å². The highest BCUT2D eigenvalue weighted by molar-refractivity contribution is 7.99. The van der Waals surface area contributed by atoms with E-state index in [0.29, 0.717) is 34.2 Å². The first kappa shape index (κ1) is 20.5. The average molecular weight is 394 g/mol. The number of hydrogen-bond acceptors (Lipinski definition) is 4. The van der Waals surface area contributed by atoms with Gasteiger partial charge < -0.3 is 5.32 Å². The van der Waals surface area contributed by atoms with Crippen LogP contribution < -0.4 is 10.9 Å². The Labute approximate surface area is 162 Å². The summed E-state index contributed by atoms with van der Waals surface area (Å²) in [6.07, 6.45) is 6.10. The topological polar surface area (TPSA) is 64.0 Å². The number of fused-ring (bicyclic) bond motifs is 1. The third-order valence-corrected chi connectivity index (χ3v) is 5.09. The molecule has 1 aromatic heterocycles. The predicted molar refractivity (Wildman–Crippen MR) is 109 cm³/mol. The van der Waals surface area contributed by atoms with Crippen LogP contribution in [0.25, 0.3) is 10.9 Å². The maximum Gasteiger partial charge on any atom is 0.262 e. The fourth-order valence-corrected chi connectivity index (χ4v) is 3.54. The highest BCUT2D eigenvalue weighted by Crippen LogP contribution is 2.20. The maximum absolute atomic E-state index is 12.7. The van der Waals surface area contributed by atoms with E-state index in [1.165, 1.54) is 29.2 Å². The Hall–Kier alpha value is -1.79. The summed E-state index contributed by atoms with van der Waals surface area (Å²) in [4.78, 5) is 29.2. The third-order valence-electron chi connectivity index (χ3n) is 3.88. The molecule has 0 bridgehead atoms. The molecule has 0 atom stereocenters. The van der Waals surface area contributed by atoms with Crippen LogP contribution in [0.2, 0.25) is 5.02 Å². The number of aromatic nitrogens is 2. The molecule has 26 heavy (non-hydrogen) atoms. The van der Waals surface area contributed by atoms with Gasteiger partial charge in [-0.3, -0.25) is 14.2 Å². The first-order valence-corrected chi connectivity index (χ1v) is 10.1. The monoisotopic (exact) mass is 393 g/mol. The Morgan fingerprint density at radius 2 is 2.19 bits per heavy atom. The van der Waals surface area contributed by atoms with Crippen molar-refractivity contribution in [3.63, 3.8) is 0 Å². The van der Waals surface area contributed by atoms with Crippen LogP contribution >= 0.6 is 23.4 Å². The lowest BCUT2D eigenvalue weighted by Crippen LogP contribution is -2.27. The van der Waals surface area contributed by atoms with Crippen LogP contribution in [0.3, 0.4) is 0 Å². The number of hydrogen-bond donors (Lipinski definition) is 1. The number of benzene rings is 1. The molecule has 0 saturated heterocycles. The lowest BCUT2D eigenvalue weighted by atomic mass is 10.2. The van der Waals surface area contributed by atoms with Crippen LogP contribution in [0, 0.1) is 0 Å². The Morgan fingerprint density at radius 3 is 2.92 bits per heavy atom. The zero-order valence-electron chi connectivity index (χ0n) is 15.0. The van der Waals surface area contributed by atoms with Gasteiger partial charge in [0.2, 0.25) is 5.91 Å². The van der Waals surface area contributed by atoms with Gasteiger partial charge >= 0.3 is 0 Å². The number of rotatable bonds is 10. The number of allylic oxidation sites excluding steroid dienone is 1. The molecule has 0 aliphatic heterocycles. The molecular formula is C19H24ClN3O2S. The molecule has 0 fully saturated rings. The van der Waals surface area contributed by atoms with Crippen molar-refractivity contribution < 1.29 is 4.79 Å². The van der Waals surface area contributed by atoms with E-state index in [0.717, 1.165) is 12.8 Å². The molecular weight excluding hydrogens is 370 g/mol. The number of halogens is 1. The van der Waals surface area contributed by atoms with Gasteiger partial charge in [0.05, 0.1) is 16.7 Å². The summed E-state index contributed by atoms with van der Waals surface area (Å²) >= 11 is 7.26. The van der Waals surface area contributed by atoms with Crippen molar-refractivity contribution in [1.82, 2.24) is 14.9 Å². The summed E-state index contributed by atoms with van der Waals surface area (Å²) < 4.78 is 1.53. The number of carbonyl (C=O) groups excluding carboxylic acids is 1. The van der Waals surface area contributed by atoms with E-state index in [1.807, 2.05) is 0 Å². The average Bonchev–Trinajstić information content (AvgIpc) is 2.62. The van der Waals surface area contributed by atoms with Crippen LogP contribution in [0.15, 0.2) is 40.8 Å². The molecule has 7 heteroatoms. The van der Waals surface area contributed by atoms with Crippen molar-refractivity contribution >= 4 is 40.2 Å². The summed E-state index contributed by atoms with van der Waals surface area (Å²) in [7, 11) is 0. The number of unbranched alkanes of at least 4 members (excludes halogenated alkanes) is 3. The van der Waals surface area contributed by atoms with Gasteiger partial charge in [-0.2, -0.15) is 0 Å². The second-order valence-corrected chi connectivity index (χ2v) is 7.34. The number of amides is 1. The Kier molecular flexibility index (Phi) is 8.19. The van der Waals surface area contributed by atoms with Gasteiger partial charge in [0.15, 0.2) is 5.16 Å². The van der Waals surface area contributed by atoms with Crippen LogP contribution in [0.4, 0.5) is 0 Å². The SMILES string of the molecule is C=CCn1c(SCC(=O)NCCCCCC)nc2cc(Cl)ccc2c1=O. The minimum atomic E-state index is -0.158. The van der Waals surface area contributed by atoms with E-state index in [2.05, 4.69) is 23.8 Å². The minimum absolute atomic E-state index is 0.0582. The molecule has 0 saturated carbocycles. The largest absolute Gasteiger partial charge is 0.355 e. The molecule has 1 aromatic carbocycles. The molecule has 0 aliphatic carbocycles. The molecule has 1 N–H and O–H groups in total. The van der Waals surface area contributed by atoms with Gasteiger partial charge in [0, 0.05) is 18.1 Å². The van der Waals surface area contributed by atoms with E-state index in [4.69, 9.17) is 11.6 Å². The fourth-order valence-electron chi connectivity index (χ4n) is 2.53. The lowest BCUT2D eigenvalue weighted by molar-refractivity contribution is -0.118. The smallest absolute Gasteiger partial charge is 0.262 e. The summed E-state index contributed by atoms with van der Waals surface area (Å²) in [5.41, 5.74) is 0.374. The van der Waals surface area contributed by atoms with Gasteiger partial charge in [-0.1, -0.05) is 55.6 Å².